The number of halogens is 3. The van der Waals surface area contributed by atoms with Gasteiger partial charge in [0.1, 0.15) is 0 Å². The minimum Gasteiger partial charge on any atom is -0.481 e. The fraction of sp³-hybridized carbons (Fsp3) is 0.882. The monoisotopic (exact) mass is 365 g/mol. The van der Waals surface area contributed by atoms with Crippen molar-refractivity contribution in [2.24, 2.45) is 17.3 Å². The number of hydrogen-bond donors (Lipinski definition) is 1. The zero-order chi connectivity index (χ0) is 19.0. The lowest BCUT2D eigenvalue weighted by atomic mass is 9.75. The molecule has 0 spiro atoms. The highest BCUT2D eigenvalue weighted by Crippen LogP contribution is 2.47. The normalized spacial score (nSPS) is 33.5. The largest absolute Gasteiger partial charge is 0.481 e. The van der Waals surface area contributed by atoms with Crippen LogP contribution < -0.4 is 0 Å². The number of carbonyl (C=O) groups excluding carboxylic acids is 1. The molecule has 1 aliphatic carbocycles. The van der Waals surface area contributed by atoms with Gasteiger partial charge in [0.25, 0.3) is 0 Å². The minimum atomic E-state index is -4.97. The van der Waals surface area contributed by atoms with Gasteiger partial charge in [-0.15, -0.1) is 0 Å². The van der Waals surface area contributed by atoms with E-state index in [1.165, 1.54) is 0 Å². The molecular formula is C17H26F3NO4. The number of ether oxygens (including phenoxy) is 1. The van der Waals surface area contributed by atoms with Crippen molar-refractivity contribution in [3.8, 4) is 0 Å². The van der Waals surface area contributed by atoms with Gasteiger partial charge in [-0.25, -0.2) is 0 Å². The molecule has 1 N–H and O–H groups in total. The van der Waals surface area contributed by atoms with Crippen molar-refractivity contribution >= 4 is 11.9 Å². The number of rotatable bonds is 4. The summed E-state index contributed by atoms with van der Waals surface area (Å²) in [6.45, 7) is 5.90. The van der Waals surface area contributed by atoms with E-state index in [4.69, 9.17) is 4.74 Å². The van der Waals surface area contributed by atoms with Gasteiger partial charge in [0, 0.05) is 24.6 Å². The summed E-state index contributed by atoms with van der Waals surface area (Å²) in [5.74, 6) is -3.30. The first-order chi connectivity index (χ1) is 11.5. The topological polar surface area (TPSA) is 66.8 Å². The molecule has 1 saturated heterocycles. The van der Waals surface area contributed by atoms with Crippen LogP contribution in [0.4, 0.5) is 13.2 Å². The Morgan fingerprint density at radius 2 is 1.92 bits per heavy atom. The molecule has 144 valence electrons. The maximum Gasteiger partial charge on any atom is 0.471 e. The quantitative estimate of drug-likeness (QED) is 0.831. The second-order valence-electron chi connectivity index (χ2n) is 7.63. The van der Waals surface area contributed by atoms with Crippen molar-refractivity contribution < 1.29 is 32.6 Å². The Hall–Kier alpha value is -1.31. The molecule has 2 unspecified atom stereocenters. The molecule has 0 aromatic carbocycles. The highest BCUT2D eigenvalue weighted by atomic mass is 19.4. The number of hydrogen-bond acceptors (Lipinski definition) is 3. The summed E-state index contributed by atoms with van der Waals surface area (Å²) in [4.78, 5) is 24.9. The fourth-order valence-corrected chi connectivity index (χ4v) is 4.27. The number of alkyl halides is 3. The molecule has 2 rings (SSSR count). The number of carboxylic acids is 1. The Labute approximate surface area is 145 Å². The molecule has 8 heteroatoms. The van der Waals surface area contributed by atoms with Crippen molar-refractivity contribution in [3.05, 3.63) is 0 Å². The van der Waals surface area contributed by atoms with E-state index in [9.17, 15) is 27.9 Å². The summed E-state index contributed by atoms with van der Waals surface area (Å²) in [6, 6.07) is -1.29. The SMILES string of the molecule is CC(C)[C@]1(C(=O)O)CCC(N(C(=O)C(F)(F)F)C2CCOC[C@H]2C)C1. The molecule has 5 nitrogen and oxygen atoms in total. The highest BCUT2D eigenvalue weighted by Gasteiger charge is 2.54. The minimum absolute atomic E-state index is 0.0614. The zero-order valence-electron chi connectivity index (χ0n) is 14.8. The summed E-state index contributed by atoms with van der Waals surface area (Å²) in [7, 11) is 0. The van der Waals surface area contributed by atoms with Gasteiger partial charge in [-0.1, -0.05) is 20.8 Å². The van der Waals surface area contributed by atoms with Crippen molar-refractivity contribution in [3.63, 3.8) is 0 Å². The molecule has 25 heavy (non-hydrogen) atoms. The number of nitrogens with zero attached hydrogens (tertiary/aromatic N) is 1. The second-order valence-corrected chi connectivity index (χ2v) is 7.63. The first-order valence-corrected chi connectivity index (χ1v) is 8.71. The van der Waals surface area contributed by atoms with Crippen LogP contribution in [0, 0.1) is 17.3 Å². The summed E-state index contributed by atoms with van der Waals surface area (Å²) in [5.41, 5.74) is -1.08. The summed E-state index contributed by atoms with van der Waals surface area (Å²) < 4.78 is 44.9. The molecular weight excluding hydrogens is 339 g/mol. The molecule has 0 aromatic rings. The summed E-state index contributed by atoms with van der Waals surface area (Å²) >= 11 is 0. The van der Waals surface area contributed by atoms with Crippen LogP contribution in [0.25, 0.3) is 0 Å². The van der Waals surface area contributed by atoms with Crippen molar-refractivity contribution in [1.82, 2.24) is 4.90 Å². The van der Waals surface area contributed by atoms with Crippen molar-refractivity contribution in [1.29, 1.82) is 0 Å². The van der Waals surface area contributed by atoms with Crippen molar-refractivity contribution in [2.75, 3.05) is 13.2 Å². The van der Waals surface area contributed by atoms with Crippen molar-refractivity contribution in [2.45, 2.75) is 64.7 Å². The van der Waals surface area contributed by atoms with Gasteiger partial charge in [-0.3, -0.25) is 9.59 Å². The van der Waals surface area contributed by atoms with E-state index in [-0.39, 0.29) is 31.1 Å². The molecule has 1 amide bonds. The van der Waals surface area contributed by atoms with Crippen LogP contribution in [0.15, 0.2) is 0 Å². The highest BCUT2D eigenvalue weighted by molar-refractivity contribution is 5.83. The number of carbonyl (C=O) groups is 2. The van der Waals surface area contributed by atoms with Gasteiger partial charge in [0.15, 0.2) is 0 Å². The Morgan fingerprint density at radius 3 is 2.36 bits per heavy atom. The molecule has 1 heterocycles. The predicted molar refractivity (Wildman–Crippen MR) is 83.8 cm³/mol. The first kappa shape index (κ1) is 20.0. The molecule has 4 atom stereocenters. The second kappa shape index (κ2) is 7.13. The third-order valence-electron chi connectivity index (χ3n) is 5.88. The molecule has 1 aliphatic heterocycles. The van der Waals surface area contributed by atoms with E-state index in [1.54, 1.807) is 20.8 Å². The average molecular weight is 365 g/mol. The van der Waals surface area contributed by atoms with Crippen LogP contribution in [-0.4, -0.2) is 53.4 Å². The number of carboxylic acid groups (broad SMARTS) is 1. The Bertz CT molecular complexity index is 523. The van der Waals surface area contributed by atoms with Crippen LogP contribution in [0.1, 0.15) is 46.5 Å². The Kier molecular flexibility index (Phi) is 5.71. The first-order valence-electron chi connectivity index (χ1n) is 8.71. The van der Waals surface area contributed by atoms with Gasteiger partial charge in [0.2, 0.25) is 0 Å². The van der Waals surface area contributed by atoms with E-state index in [0.717, 1.165) is 4.90 Å². The van der Waals surface area contributed by atoms with Crippen LogP contribution >= 0.6 is 0 Å². The molecule has 0 aromatic heterocycles. The van der Waals surface area contributed by atoms with Gasteiger partial charge in [-0.2, -0.15) is 13.2 Å². The Balaban J connectivity index is 2.33. The Morgan fingerprint density at radius 1 is 1.28 bits per heavy atom. The van der Waals surface area contributed by atoms with E-state index in [1.807, 2.05) is 0 Å². The molecule has 2 aliphatic rings. The molecule has 0 radical (unpaired) electrons. The molecule has 1 saturated carbocycles. The molecule has 2 fully saturated rings. The summed E-state index contributed by atoms with van der Waals surface area (Å²) in [5, 5.41) is 9.65. The van der Waals surface area contributed by atoms with Crippen LogP contribution in [0.3, 0.4) is 0 Å². The van der Waals surface area contributed by atoms with E-state index in [2.05, 4.69) is 0 Å². The van der Waals surface area contributed by atoms with E-state index >= 15 is 0 Å². The van der Waals surface area contributed by atoms with Crippen LogP contribution in [0.5, 0.6) is 0 Å². The van der Waals surface area contributed by atoms with Crippen LogP contribution in [-0.2, 0) is 14.3 Å². The number of aliphatic carboxylic acids is 1. The molecule has 0 bridgehead atoms. The lowest BCUT2D eigenvalue weighted by Crippen LogP contribution is -2.56. The maximum atomic E-state index is 13.2. The van der Waals surface area contributed by atoms with Crippen LogP contribution in [0.2, 0.25) is 0 Å². The van der Waals surface area contributed by atoms with E-state index < -0.39 is 35.6 Å². The van der Waals surface area contributed by atoms with Gasteiger partial charge in [0.05, 0.1) is 12.0 Å². The zero-order valence-corrected chi connectivity index (χ0v) is 14.8. The van der Waals surface area contributed by atoms with E-state index in [0.29, 0.717) is 19.6 Å². The number of amides is 1. The lowest BCUT2D eigenvalue weighted by molar-refractivity contribution is -0.194. The smallest absolute Gasteiger partial charge is 0.471 e. The predicted octanol–water partition coefficient (Wildman–Crippen LogP) is 3.08. The summed E-state index contributed by atoms with van der Waals surface area (Å²) in [6.07, 6.45) is -4.02. The third kappa shape index (κ3) is 3.78. The van der Waals surface area contributed by atoms with Gasteiger partial charge in [-0.05, 0) is 31.6 Å². The average Bonchev–Trinajstić information content (AvgIpc) is 2.95. The third-order valence-corrected chi connectivity index (χ3v) is 5.88. The standard InChI is InChI=1S/C17H26F3NO4/c1-10(2)16(15(23)24)6-4-12(8-16)21(14(22)17(18,19)20)13-5-7-25-9-11(13)3/h10-13H,4-9H2,1-3H3,(H,23,24)/t11-,12?,13?,16+/m1/s1. The lowest BCUT2D eigenvalue weighted by Gasteiger charge is -2.42. The van der Waals surface area contributed by atoms with Gasteiger partial charge >= 0.3 is 18.1 Å². The fourth-order valence-electron chi connectivity index (χ4n) is 4.27. The maximum absolute atomic E-state index is 13.2. The van der Waals surface area contributed by atoms with Gasteiger partial charge < -0.3 is 14.7 Å².